The van der Waals surface area contributed by atoms with Crippen molar-refractivity contribution in [2.45, 2.75) is 6.92 Å². The summed E-state index contributed by atoms with van der Waals surface area (Å²) < 4.78 is 0. The first-order valence-corrected chi connectivity index (χ1v) is 2.62. The van der Waals surface area contributed by atoms with Gasteiger partial charge in [0, 0.05) is 7.05 Å². The maximum absolute atomic E-state index is 10.7. The summed E-state index contributed by atoms with van der Waals surface area (Å²) in [5.74, 6) is 0.130. The SMILES string of the molecule is C[C@@H]1CON(C)C1=O. The lowest BCUT2D eigenvalue weighted by Gasteiger charge is -2.03. The molecule has 1 aliphatic heterocycles. The van der Waals surface area contributed by atoms with Crippen LogP contribution in [0.1, 0.15) is 6.92 Å². The fourth-order valence-electron chi connectivity index (χ4n) is 0.669. The quantitative estimate of drug-likeness (QED) is 0.445. The van der Waals surface area contributed by atoms with Gasteiger partial charge in [0.2, 0.25) is 0 Å². The Morgan fingerprint density at radius 2 is 2.50 bits per heavy atom. The predicted octanol–water partition coefficient (Wildman–Crippen LogP) is 0.0261. The highest BCUT2D eigenvalue weighted by Crippen LogP contribution is 2.09. The van der Waals surface area contributed by atoms with Crippen LogP contribution in [0.5, 0.6) is 0 Å². The molecule has 3 nitrogen and oxygen atoms in total. The van der Waals surface area contributed by atoms with Crippen molar-refractivity contribution in [3.8, 4) is 0 Å². The van der Waals surface area contributed by atoms with E-state index in [0.717, 1.165) is 0 Å². The second kappa shape index (κ2) is 1.74. The summed E-state index contributed by atoms with van der Waals surface area (Å²) in [5.41, 5.74) is 0. The van der Waals surface area contributed by atoms with Gasteiger partial charge in [0.25, 0.3) is 5.91 Å². The molecule has 0 aromatic carbocycles. The number of carbonyl (C=O) groups excluding carboxylic acids is 1. The first-order valence-electron chi connectivity index (χ1n) is 2.62. The lowest BCUT2D eigenvalue weighted by molar-refractivity contribution is -0.154. The van der Waals surface area contributed by atoms with E-state index in [0.29, 0.717) is 6.61 Å². The average molecular weight is 115 g/mol. The first kappa shape index (κ1) is 5.56. The van der Waals surface area contributed by atoms with E-state index >= 15 is 0 Å². The van der Waals surface area contributed by atoms with Crippen LogP contribution < -0.4 is 0 Å². The highest BCUT2D eigenvalue weighted by atomic mass is 16.7. The number of hydrogen-bond acceptors (Lipinski definition) is 2. The van der Waals surface area contributed by atoms with E-state index < -0.39 is 0 Å². The standard InChI is InChI=1S/C5H9NO2/c1-4-3-8-6(2)5(4)7/h4H,3H2,1-2H3/t4-/m1/s1. The van der Waals surface area contributed by atoms with Gasteiger partial charge in [-0.05, 0) is 0 Å². The smallest absolute Gasteiger partial charge is 0.251 e. The zero-order valence-electron chi connectivity index (χ0n) is 5.05. The molecule has 46 valence electrons. The highest BCUT2D eigenvalue weighted by Gasteiger charge is 2.25. The number of carbonyl (C=O) groups is 1. The van der Waals surface area contributed by atoms with Gasteiger partial charge in [-0.1, -0.05) is 6.92 Å². The fourth-order valence-corrected chi connectivity index (χ4v) is 0.669. The third-order valence-electron chi connectivity index (χ3n) is 1.25. The molecule has 1 aliphatic rings. The minimum absolute atomic E-state index is 0.0556. The highest BCUT2D eigenvalue weighted by molar-refractivity contribution is 5.78. The van der Waals surface area contributed by atoms with Gasteiger partial charge in [-0.2, -0.15) is 0 Å². The molecule has 0 aliphatic carbocycles. The maximum atomic E-state index is 10.7. The van der Waals surface area contributed by atoms with Crippen LogP contribution in [0, 0.1) is 5.92 Å². The van der Waals surface area contributed by atoms with Gasteiger partial charge in [-0.15, -0.1) is 0 Å². The number of hydrogen-bond donors (Lipinski definition) is 0. The van der Waals surface area contributed by atoms with Crippen molar-refractivity contribution in [3.05, 3.63) is 0 Å². The minimum atomic E-state index is 0.0556. The molecule has 0 aromatic heterocycles. The van der Waals surface area contributed by atoms with E-state index in [1.54, 1.807) is 7.05 Å². The number of nitrogens with zero attached hydrogens (tertiary/aromatic N) is 1. The Morgan fingerprint density at radius 3 is 2.62 bits per heavy atom. The average Bonchev–Trinajstić information content (AvgIpc) is 1.98. The lowest BCUT2D eigenvalue weighted by Crippen LogP contribution is -2.19. The molecular formula is C5H9NO2. The van der Waals surface area contributed by atoms with Crippen molar-refractivity contribution < 1.29 is 9.63 Å². The van der Waals surface area contributed by atoms with Crippen LogP contribution in [-0.4, -0.2) is 24.6 Å². The number of rotatable bonds is 0. The van der Waals surface area contributed by atoms with Gasteiger partial charge < -0.3 is 0 Å². The van der Waals surface area contributed by atoms with Crippen LogP contribution in [0.4, 0.5) is 0 Å². The van der Waals surface area contributed by atoms with E-state index in [2.05, 4.69) is 0 Å². The summed E-state index contributed by atoms with van der Waals surface area (Å²) in [4.78, 5) is 15.6. The van der Waals surface area contributed by atoms with Gasteiger partial charge in [0.05, 0.1) is 12.5 Å². The lowest BCUT2D eigenvalue weighted by atomic mass is 10.2. The Labute approximate surface area is 48.2 Å². The maximum Gasteiger partial charge on any atom is 0.251 e. The van der Waals surface area contributed by atoms with Gasteiger partial charge >= 0.3 is 0 Å². The minimum Gasteiger partial charge on any atom is -0.272 e. The summed E-state index contributed by atoms with van der Waals surface area (Å²) in [6.45, 7) is 2.39. The summed E-state index contributed by atoms with van der Waals surface area (Å²) in [6, 6.07) is 0. The van der Waals surface area contributed by atoms with Crippen molar-refractivity contribution in [1.82, 2.24) is 5.06 Å². The Balaban J connectivity index is 2.57. The third kappa shape index (κ3) is 0.690. The monoisotopic (exact) mass is 115 g/mol. The molecular weight excluding hydrogens is 106 g/mol. The van der Waals surface area contributed by atoms with Crippen LogP contribution >= 0.6 is 0 Å². The molecule has 0 spiro atoms. The molecule has 3 heteroatoms. The molecule has 0 bridgehead atoms. The van der Waals surface area contributed by atoms with Crippen molar-refractivity contribution >= 4 is 5.91 Å². The number of amides is 1. The normalized spacial score (nSPS) is 29.5. The van der Waals surface area contributed by atoms with E-state index in [9.17, 15) is 4.79 Å². The zero-order valence-corrected chi connectivity index (χ0v) is 5.05. The summed E-state index contributed by atoms with van der Waals surface area (Å²) in [5, 5.41) is 1.28. The fraction of sp³-hybridized carbons (Fsp3) is 0.800. The molecule has 1 atom stereocenters. The Morgan fingerprint density at radius 1 is 1.88 bits per heavy atom. The Kier molecular flexibility index (Phi) is 1.21. The number of hydroxylamine groups is 2. The van der Waals surface area contributed by atoms with Crippen molar-refractivity contribution in [2.75, 3.05) is 13.7 Å². The van der Waals surface area contributed by atoms with E-state index in [-0.39, 0.29) is 11.8 Å². The second-order valence-electron chi connectivity index (χ2n) is 2.03. The van der Waals surface area contributed by atoms with Crippen molar-refractivity contribution in [2.24, 2.45) is 5.92 Å². The molecule has 1 saturated heterocycles. The van der Waals surface area contributed by atoms with Gasteiger partial charge in [0.1, 0.15) is 0 Å². The van der Waals surface area contributed by atoms with Gasteiger partial charge in [-0.25, -0.2) is 5.06 Å². The largest absolute Gasteiger partial charge is 0.272 e. The van der Waals surface area contributed by atoms with Crippen LogP contribution in [0.2, 0.25) is 0 Å². The van der Waals surface area contributed by atoms with Crippen LogP contribution in [0.25, 0.3) is 0 Å². The third-order valence-corrected chi connectivity index (χ3v) is 1.25. The van der Waals surface area contributed by atoms with E-state index in [4.69, 9.17) is 4.84 Å². The second-order valence-corrected chi connectivity index (χ2v) is 2.03. The molecule has 1 rings (SSSR count). The summed E-state index contributed by atoms with van der Waals surface area (Å²) in [6.07, 6.45) is 0. The zero-order chi connectivity index (χ0) is 6.15. The molecule has 1 amide bonds. The topological polar surface area (TPSA) is 29.5 Å². The van der Waals surface area contributed by atoms with Gasteiger partial charge in [0.15, 0.2) is 0 Å². The van der Waals surface area contributed by atoms with Crippen LogP contribution in [0.15, 0.2) is 0 Å². The predicted molar refractivity (Wildman–Crippen MR) is 27.9 cm³/mol. The molecule has 1 fully saturated rings. The molecule has 0 saturated carbocycles. The Bertz CT molecular complexity index is 101. The van der Waals surface area contributed by atoms with Crippen LogP contribution in [0.3, 0.4) is 0 Å². The van der Waals surface area contributed by atoms with Crippen molar-refractivity contribution in [3.63, 3.8) is 0 Å². The Hall–Kier alpha value is -0.570. The van der Waals surface area contributed by atoms with E-state index in [1.807, 2.05) is 6.92 Å². The molecule has 0 unspecified atom stereocenters. The van der Waals surface area contributed by atoms with Crippen LogP contribution in [-0.2, 0) is 9.63 Å². The van der Waals surface area contributed by atoms with Crippen molar-refractivity contribution in [1.29, 1.82) is 0 Å². The molecule has 1 heterocycles. The summed E-state index contributed by atoms with van der Waals surface area (Å²) >= 11 is 0. The van der Waals surface area contributed by atoms with E-state index in [1.165, 1.54) is 5.06 Å². The first-order chi connectivity index (χ1) is 3.72. The summed E-state index contributed by atoms with van der Waals surface area (Å²) in [7, 11) is 1.63. The molecule has 0 aromatic rings. The van der Waals surface area contributed by atoms with Gasteiger partial charge in [-0.3, -0.25) is 9.63 Å². The molecule has 0 radical (unpaired) electrons. The molecule has 8 heavy (non-hydrogen) atoms. The molecule has 0 N–H and O–H groups in total.